The van der Waals surface area contributed by atoms with E-state index >= 15 is 0 Å². The summed E-state index contributed by atoms with van der Waals surface area (Å²) in [6, 6.07) is 12.3. The Morgan fingerprint density at radius 3 is 2.24 bits per heavy atom. The molecule has 2 aromatic carbocycles. The van der Waals surface area contributed by atoms with E-state index in [1.165, 1.54) is 18.2 Å². The van der Waals surface area contributed by atoms with Gasteiger partial charge in [0.25, 0.3) is 0 Å². The molecule has 0 aliphatic carbocycles. The van der Waals surface area contributed by atoms with Crippen LogP contribution in [0.4, 0.5) is 10.1 Å². The van der Waals surface area contributed by atoms with E-state index in [1.54, 1.807) is 42.5 Å². The minimum atomic E-state index is -3.31. The fourth-order valence-corrected chi connectivity index (χ4v) is 2.71. The molecule has 7 heteroatoms. The third kappa shape index (κ3) is 6.39. The van der Waals surface area contributed by atoms with Crippen molar-refractivity contribution < 1.29 is 17.6 Å². The second-order valence-electron chi connectivity index (χ2n) is 5.61. The van der Waals surface area contributed by atoms with Crippen LogP contribution in [0.15, 0.2) is 54.6 Å². The molecule has 1 amide bonds. The number of carbonyl (C=O) groups is 1. The van der Waals surface area contributed by atoms with Gasteiger partial charge in [0.05, 0.1) is 12.3 Å². The van der Waals surface area contributed by atoms with Gasteiger partial charge in [-0.15, -0.1) is 0 Å². The fourth-order valence-electron chi connectivity index (χ4n) is 2.14. The zero-order chi connectivity index (χ0) is 18.4. The van der Waals surface area contributed by atoms with Crippen molar-refractivity contribution in [2.45, 2.75) is 13.0 Å². The van der Waals surface area contributed by atoms with Gasteiger partial charge in [0.1, 0.15) is 5.82 Å². The summed E-state index contributed by atoms with van der Waals surface area (Å²) in [4.78, 5) is 12.0. The Morgan fingerprint density at radius 2 is 1.68 bits per heavy atom. The van der Waals surface area contributed by atoms with Gasteiger partial charge < -0.3 is 5.32 Å². The zero-order valence-corrected chi connectivity index (χ0v) is 14.7. The summed E-state index contributed by atoms with van der Waals surface area (Å²) in [7, 11) is -3.31. The highest BCUT2D eigenvalue weighted by molar-refractivity contribution is 7.92. The van der Waals surface area contributed by atoms with E-state index in [0.29, 0.717) is 5.69 Å². The van der Waals surface area contributed by atoms with Crippen LogP contribution in [0.5, 0.6) is 0 Å². The van der Waals surface area contributed by atoms with Crippen molar-refractivity contribution in [1.82, 2.24) is 5.32 Å². The Bertz CT molecular complexity index is 860. The van der Waals surface area contributed by atoms with Crippen LogP contribution in [-0.2, 0) is 14.8 Å². The third-order valence-electron chi connectivity index (χ3n) is 3.37. The predicted octanol–water partition coefficient (Wildman–Crippen LogP) is 3.09. The first-order chi connectivity index (χ1) is 11.7. The lowest BCUT2D eigenvalue weighted by molar-refractivity contribution is -0.117. The summed E-state index contributed by atoms with van der Waals surface area (Å²) < 4.78 is 37.5. The number of halogens is 1. The van der Waals surface area contributed by atoms with Crippen LogP contribution in [0.2, 0.25) is 0 Å². The highest BCUT2D eigenvalue weighted by Gasteiger charge is 2.07. The fraction of sp³-hybridized carbons (Fsp3) is 0.167. The summed E-state index contributed by atoms with van der Waals surface area (Å²) in [6.45, 7) is 1.81. The summed E-state index contributed by atoms with van der Waals surface area (Å²) in [5, 5.41) is 2.79. The molecule has 25 heavy (non-hydrogen) atoms. The number of sulfonamides is 1. The molecular formula is C18H19FN2O3S. The SMILES string of the molecule is CC(NC(=O)/C=C/c1ccc(NS(C)(=O)=O)cc1)c1ccc(F)cc1. The Balaban J connectivity index is 1.94. The lowest BCUT2D eigenvalue weighted by Crippen LogP contribution is -2.24. The molecule has 2 N–H and O–H groups in total. The number of nitrogens with one attached hydrogen (secondary N) is 2. The van der Waals surface area contributed by atoms with Crippen molar-refractivity contribution in [3.8, 4) is 0 Å². The Kier molecular flexibility index (Phi) is 5.93. The van der Waals surface area contributed by atoms with Crippen molar-refractivity contribution >= 4 is 27.7 Å². The van der Waals surface area contributed by atoms with Crippen LogP contribution in [0, 0.1) is 5.82 Å². The lowest BCUT2D eigenvalue weighted by Gasteiger charge is -2.12. The van der Waals surface area contributed by atoms with Gasteiger partial charge in [0, 0.05) is 11.8 Å². The number of carbonyl (C=O) groups excluding carboxylic acids is 1. The smallest absolute Gasteiger partial charge is 0.244 e. The molecule has 2 aromatic rings. The molecule has 2 rings (SSSR count). The largest absolute Gasteiger partial charge is 0.346 e. The van der Waals surface area contributed by atoms with Crippen molar-refractivity contribution in [3.05, 3.63) is 71.6 Å². The summed E-state index contributed by atoms with van der Waals surface area (Å²) >= 11 is 0. The van der Waals surface area contributed by atoms with Crippen LogP contribution < -0.4 is 10.0 Å². The van der Waals surface area contributed by atoms with Crippen LogP contribution in [-0.4, -0.2) is 20.6 Å². The van der Waals surface area contributed by atoms with Crippen molar-refractivity contribution in [2.75, 3.05) is 11.0 Å². The van der Waals surface area contributed by atoms with Gasteiger partial charge in [0.2, 0.25) is 15.9 Å². The molecule has 1 unspecified atom stereocenters. The predicted molar refractivity (Wildman–Crippen MR) is 96.9 cm³/mol. The first kappa shape index (κ1) is 18.7. The zero-order valence-electron chi connectivity index (χ0n) is 13.9. The minimum absolute atomic E-state index is 0.251. The first-order valence-corrected chi connectivity index (χ1v) is 9.44. The topological polar surface area (TPSA) is 75.3 Å². The highest BCUT2D eigenvalue weighted by Crippen LogP contribution is 2.14. The first-order valence-electron chi connectivity index (χ1n) is 7.55. The minimum Gasteiger partial charge on any atom is -0.346 e. The van der Waals surface area contributed by atoms with Crippen molar-refractivity contribution in [2.24, 2.45) is 0 Å². The second kappa shape index (κ2) is 7.94. The standard InChI is InChI=1S/C18H19FN2O3S/c1-13(15-6-8-16(19)9-7-15)20-18(22)12-5-14-3-10-17(11-4-14)21-25(2,23)24/h3-13,21H,1-2H3,(H,20,22)/b12-5+. The lowest BCUT2D eigenvalue weighted by atomic mass is 10.1. The normalized spacial score (nSPS) is 12.8. The van der Waals surface area contributed by atoms with Gasteiger partial charge >= 0.3 is 0 Å². The monoisotopic (exact) mass is 362 g/mol. The second-order valence-corrected chi connectivity index (χ2v) is 7.36. The van der Waals surface area contributed by atoms with Gasteiger partial charge in [-0.2, -0.15) is 0 Å². The quantitative estimate of drug-likeness (QED) is 0.776. The van der Waals surface area contributed by atoms with Crippen LogP contribution in [0.1, 0.15) is 24.1 Å². The molecule has 0 saturated carbocycles. The molecule has 0 bridgehead atoms. The van der Waals surface area contributed by atoms with E-state index < -0.39 is 10.0 Å². The van der Waals surface area contributed by atoms with E-state index in [2.05, 4.69) is 10.0 Å². The van der Waals surface area contributed by atoms with Gasteiger partial charge in [-0.3, -0.25) is 9.52 Å². The van der Waals surface area contributed by atoms with E-state index in [-0.39, 0.29) is 17.8 Å². The molecule has 0 aliphatic rings. The molecule has 0 aromatic heterocycles. The summed E-state index contributed by atoms with van der Waals surface area (Å²) in [6.07, 6.45) is 4.09. The number of rotatable bonds is 6. The molecule has 5 nitrogen and oxygen atoms in total. The van der Waals surface area contributed by atoms with E-state index in [1.807, 2.05) is 6.92 Å². The Morgan fingerprint density at radius 1 is 1.08 bits per heavy atom. The molecule has 132 valence electrons. The molecular weight excluding hydrogens is 343 g/mol. The molecule has 1 atom stereocenters. The van der Waals surface area contributed by atoms with Gasteiger partial charge in [-0.25, -0.2) is 12.8 Å². The van der Waals surface area contributed by atoms with Gasteiger partial charge in [0.15, 0.2) is 0 Å². The van der Waals surface area contributed by atoms with Crippen LogP contribution >= 0.6 is 0 Å². The Labute approximate surface area is 146 Å². The Hall–Kier alpha value is -2.67. The molecule has 0 radical (unpaired) electrons. The van der Waals surface area contributed by atoms with Crippen LogP contribution in [0.3, 0.4) is 0 Å². The molecule has 0 aliphatic heterocycles. The van der Waals surface area contributed by atoms with Gasteiger partial charge in [-0.1, -0.05) is 24.3 Å². The maximum Gasteiger partial charge on any atom is 0.244 e. The molecule has 0 spiro atoms. The maximum atomic E-state index is 12.9. The van der Waals surface area contributed by atoms with Crippen LogP contribution in [0.25, 0.3) is 6.08 Å². The number of benzene rings is 2. The highest BCUT2D eigenvalue weighted by atomic mass is 32.2. The van der Waals surface area contributed by atoms with Gasteiger partial charge in [-0.05, 0) is 48.4 Å². The third-order valence-corrected chi connectivity index (χ3v) is 3.98. The maximum absolute atomic E-state index is 12.9. The molecule has 0 heterocycles. The van der Waals surface area contributed by atoms with Crippen molar-refractivity contribution in [3.63, 3.8) is 0 Å². The molecule has 0 fully saturated rings. The summed E-state index contributed by atoms with van der Waals surface area (Å²) in [5.41, 5.74) is 2.01. The average molecular weight is 362 g/mol. The van der Waals surface area contributed by atoms with E-state index in [9.17, 15) is 17.6 Å². The number of hydrogen-bond acceptors (Lipinski definition) is 3. The number of hydrogen-bond donors (Lipinski definition) is 2. The number of anilines is 1. The number of amides is 1. The van der Waals surface area contributed by atoms with Crippen molar-refractivity contribution in [1.29, 1.82) is 0 Å². The summed E-state index contributed by atoms with van der Waals surface area (Å²) in [5.74, 6) is -0.605. The van der Waals surface area contributed by atoms with E-state index in [0.717, 1.165) is 17.4 Å². The average Bonchev–Trinajstić information content (AvgIpc) is 2.53. The molecule has 0 saturated heterocycles. The van der Waals surface area contributed by atoms with E-state index in [4.69, 9.17) is 0 Å².